The van der Waals surface area contributed by atoms with E-state index in [0.29, 0.717) is 35.5 Å². The highest BCUT2D eigenvalue weighted by molar-refractivity contribution is 5.96. The molecule has 39 heavy (non-hydrogen) atoms. The van der Waals surface area contributed by atoms with E-state index in [4.69, 9.17) is 4.74 Å². The van der Waals surface area contributed by atoms with Crippen LogP contribution in [0, 0.1) is 23.6 Å². The summed E-state index contributed by atoms with van der Waals surface area (Å²) in [7, 11) is 0. The number of hydrogen-bond donors (Lipinski definition) is 3. The quantitative estimate of drug-likeness (QED) is 0.483. The lowest BCUT2D eigenvalue weighted by Crippen LogP contribution is -2.55. The summed E-state index contributed by atoms with van der Waals surface area (Å²) in [6.45, 7) is 0.0603. The van der Waals surface area contributed by atoms with Crippen LogP contribution in [-0.2, 0) is 16.1 Å². The van der Waals surface area contributed by atoms with Crippen molar-refractivity contribution in [2.75, 3.05) is 13.2 Å². The molecule has 2 fully saturated rings. The molecule has 3 N–H and O–H groups in total. The summed E-state index contributed by atoms with van der Waals surface area (Å²) >= 11 is 0. The largest absolute Gasteiger partial charge is 0.486 e. The van der Waals surface area contributed by atoms with Gasteiger partial charge in [0.2, 0.25) is 11.8 Å². The van der Waals surface area contributed by atoms with Crippen LogP contribution in [0.15, 0.2) is 60.2 Å². The fraction of sp³-hybridized carbons (Fsp3) is 0.484. The number of carbonyl (C=O) groups is 2. The summed E-state index contributed by atoms with van der Waals surface area (Å²) in [6, 6.07) is 12.6. The van der Waals surface area contributed by atoms with Crippen molar-refractivity contribution in [3.8, 4) is 5.75 Å². The number of hydrogen-bond acceptors (Lipinski definition) is 5. The van der Waals surface area contributed by atoms with Gasteiger partial charge in [-0.05, 0) is 66.9 Å². The second-order valence-electron chi connectivity index (χ2n) is 11.5. The first-order valence-corrected chi connectivity index (χ1v) is 14.0. The van der Waals surface area contributed by atoms with E-state index in [0.717, 1.165) is 24.0 Å². The number of carbonyl (C=O) groups excluding carboxylic acids is 2. The third-order valence-corrected chi connectivity index (χ3v) is 9.14. The van der Waals surface area contributed by atoms with Gasteiger partial charge in [-0.2, -0.15) is 0 Å². The van der Waals surface area contributed by atoms with Crippen molar-refractivity contribution in [1.82, 2.24) is 10.2 Å². The first kappa shape index (κ1) is 26.0. The van der Waals surface area contributed by atoms with Crippen LogP contribution < -0.4 is 10.1 Å². The molecule has 0 radical (unpaired) electrons. The van der Waals surface area contributed by atoms with E-state index in [1.165, 1.54) is 25.0 Å². The zero-order chi connectivity index (χ0) is 27.1. The molecule has 2 bridgehead atoms. The Kier molecular flexibility index (Phi) is 7.16. The SMILES string of the molecule is O=C(NCCO)C1=C[C@@H](N(Cc2ccc(F)cc2)C(=O)CC2CC3CCC2C3)[C@H](O)[C@H]2Oc3ccccc3[C@@H]12. The number of ether oxygens (including phenoxy) is 1. The zero-order valence-electron chi connectivity index (χ0n) is 21.8. The number of aliphatic hydroxyl groups excluding tert-OH is 2. The van der Waals surface area contributed by atoms with Crippen molar-refractivity contribution < 1.29 is 28.9 Å². The van der Waals surface area contributed by atoms with Gasteiger partial charge in [0.1, 0.15) is 23.8 Å². The van der Waals surface area contributed by atoms with Gasteiger partial charge < -0.3 is 25.2 Å². The van der Waals surface area contributed by atoms with Crippen molar-refractivity contribution in [2.45, 2.75) is 62.8 Å². The number of rotatable bonds is 8. The smallest absolute Gasteiger partial charge is 0.247 e. The minimum atomic E-state index is -1.08. The third-order valence-electron chi connectivity index (χ3n) is 9.14. The molecule has 2 aromatic rings. The standard InChI is InChI=1S/C31H35FN2O5/c32-22-9-6-18(7-10-22)17-34(27(36)15-21-14-19-5-8-20(21)13-19)25-16-24(31(38)33-11-12-35)28-23-3-1-2-4-26(23)39-30(28)29(25)37/h1-4,6-7,9-10,16,19-21,25,28-30,35,37H,5,8,11-15,17H2,(H,33,38)/t19?,20?,21?,25-,28+,29+,30+/m1/s1. The van der Waals surface area contributed by atoms with Gasteiger partial charge in [-0.1, -0.05) is 36.8 Å². The van der Waals surface area contributed by atoms with Crippen molar-refractivity contribution in [3.63, 3.8) is 0 Å². The fourth-order valence-electron chi connectivity index (χ4n) is 7.31. The van der Waals surface area contributed by atoms with E-state index in [9.17, 15) is 24.2 Å². The highest BCUT2D eigenvalue weighted by atomic mass is 19.1. The maximum absolute atomic E-state index is 14.0. The lowest BCUT2D eigenvalue weighted by Gasteiger charge is -2.41. The minimum Gasteiger partial charge on any atom is -0.486 e. The Morgan fingerprint density at radius 2 is 1.87 bits per heavy atom. The van der Waals surface area contributed by atoms with Crippen LogP contribution in [-0.4, -0.2) is 58.3 Å². The van der Waals surface area contributed by atoms with Gasteiger partial charge in [-0.25, -0.2) is 4.39 Å². The van der Waals surface area contributed by atoms with E-state index in [1.54, 1.807) is 23.1 Å². The van der Waals surface area contributed by atoms with Gasteiger partial charge in [0.15, 0.2) is 0 Å². The van der Waals surface area contributed by atoms with E-state index in [2.05, 4.69) is 5.32 Å². The molecule has 7 nitrogen and oxygen atoms in total. The molecule has 206 valence electrons. The second-order valence-corrected chi connectivity index (χ2v) is 11.5. The summed E-state index contributed by atoms with van der Waals surface area (Å²) in [5.74, 6) is 0.885. The van der Waals surface area contributed by atoms with Gasteiger partial charge in [-0.3, -0.25) is 9.59 Å². The number of aliphatic hydroxyl groups is 2. The summed E-state index contributed by atoms with van der Waals surface area (Å²) in [5.41, 5.74) is 1.96. The monoisotopic (exact) mass is 534 g/mol. The predicted octanol–water partition coefficient (Wildman–Crippen LogP) is 3.30. The molecule has 2 amide bonds. The van der Waals surface area contributed by atoms with E-state index >= 15 is 0 Å². The number of nitrogens with one attached hydrogen (secondary N) is 1. The highest BCUT2D eigenvalue weighted by Gasteiger charge is 2.51. The third kappa shape index (κ3) is 4.96. The Morgan fingerprint density at radius 1 is 1.08 bits per heavy atom. The van der Waals surface area contributed by atoms with Crippen molar-refractivity contribution in [2.24, 2.45) is 17.8 Å². The molecule has 2 saturated carbocycles. The molecule has 8 heteroatoms. The van der Waals surface area contributed by atoms with Crippen LogP contribution in [0.4, 0.5) is 4.39 Å². The van der Waals surface area contributed by atoms with Crippen molar-refractivity contribution >= 4 is 11.8 Å². The van der Waals surface area contributed by atoms with Gasteiger partial charge >= 0.3 is 0 Å². The average Bonchev–Trinajstić information content (AvgIpc) is 3.67. The topological polar surface area (TPSA) is 99.1 Å². The van der Waals surface area contributed by atoms with Crippen LogP contribution in [0.3, 0.4) is 0 Å². The number of nitrogens with zero attached hydrogens (tertiary/aromatic N) is 1. The molecular formula is C31H35FN2O5. The van der Waals surface area contributed by atoms with Crippen LogP contribution in [0.2, 0.25) is 0 Å². The molecule has 4 aliphatic rings. The van der Waals surface area contributed by atoms with Crippen LogP contribution in [0.1, 0.15) is 49.1 Å². The molecule has 2 aromatic carbocycles. The lowest BCUT2D eigenvalue weighted by atomic mass is 9.77. The lowest BCUT2D eigenvalue weighted by molar-refractivity contribution is -0.139. The Morgan fingerprint density at radius 3 is 2.59 bits per heavy atom. The molecule has 3 unspecified atom stereocenters. The second kappa shape index (κ2) is 10.7. The molecule has 0 spiro atoms. The minimum absolute atomic E-state index is 0.0822. The van der Waals surface area contributed by atoms with E-state index in [-0.39, 0.29) is 37.3 Å². The number of benzene rings is 2. The maximum atomic E-state index is 14.0. The number of para-hydroxylation sites is 1. The molecule has 1 aliphatic heterocycles. The summed E-state index contributed by atoms with van der Waals surface area (Å²) < 4.78 is 19.9. The molecule has 1 heterocycles. The van der Waals surface area contributed by atoms with Crippen molar-refractivity contribution in [3.05, 3.63) is 77.1 Å². The van der Waals surface area contributed by atoms with Gasteiger partial charge in [0.25, 0.3) is 0 Å². The highest BCUT2D eigenvalue weighted by Crippen LogP contribution is 2.50. The molecule has 7 atom stereocenters. The van der Waals surface area contributed by atoms with E-state index in [1.807, 2.05) is 24.3 Å². The van der Waals surface area contributed by atoms with Crippen molar-refractivity contribution in [1.29, 1.82) is 0 Å². The Bertz CT molecular complexity index is 1260. The first-order chi connectivity index (χ1) is 18.9. The van der Waals surface area contributed by atoms with Gasteiger partial charge in [-0.15, -0.1) is 0 Å². The fourth-order valence-corrected chi connectivity index (χ4v) is 7.31. The first-order valence-electron chi connectivity index (χ1n) is 14.0. The number of halogens is 1. The zero-order valence-corrected chi connectivity index (χ0v) is 21.8. The van der Waals surface area contributed by atoms with Gasteiger partial charge in [0.05, 0.1) is 18.6 Å². The Balaban J connectivity index is 1.35. The van der Waals surface area contributed by atoms with E-state index < -0.39 is 24.2 Å². The van der Waals surface area contributed by atoms with Crippen LogP contribution >= 0.6 is 0 Å². The molecule has 3 aliphatic carbocycles. The van der Waals surface area contributed by atoms with Crippen LogP contribution in [0.25, 0.3) is 0 Å². The van der Waals surface area contributed by atoms with Crippen LogP contribution in [0.5, 0.6) is 5.75 Å². The van der Waals surface area contributed by atoms with Gasteiger partial charge in [0, 0.05) is 30.6 Å². The normalized spacial score (nSPS) is 30.2. The predicted molar refractivity (Wildman–Crippen MR) is 142 cm³/mol. The summed E-state index contributed by atoms with van der Waals surface area (Å²) in [5, 5.41) is 23.7. The summed E-state index contributed by atoms with van der Waals surface area (Å²) in [6.07, 6.45) is 4.91. The summed E-state index contributed by atoms with van der Waals surface area (Å²) in [4.78, 5) is 29.0. The Labute approximate surface area is 227 Å². The molecule has 0 saturated heterocycles. The molecule has 6 rings (SSSR count). The maximum Gasteiger partial charge on any atom is 0.247 e. The number of amides is 2. The molecular weight excluding hydrogens is 499 g/mol. The Hall–Kier alpha value is -3.23. The average molecular weight is 535 g/mol. The number of fused-ring (bicyclic) bond motifs is 5. The molecule has 0 aromatic heterocycles.